The van der Waals surface area contributed by atoms with E-state index in [9.17, 15) is 9.59 Å². The quantitative estimate of drug-likeness (QED) is 0.250. The van der Waals surface area contributed by atoms with Gasteiger partial charge in [0.1, 0.15) is 0 Å². The maximum Gasteiger partial charge on any atom is 0.326 e. The van der Waals surface area contributed by atoms with Gasteiger partial charge in [-0.25, -0.2) is 4.79 Å². The number of carbonyl (C=O) groups is 2. The van der Waals surface area contributed by atoms with Crippen LogP contribution in [0.4, 0.5) is 10.5 Å². The van der Waals surface area contributed by atoms with Gasteiger partial charge in [-0.2, -0.15) is 0 Å². The normalized spacial score (nSPS) is 11.1. The van der Waals surface area contributed by atoms with Gasteiger partial charge in [-0.05, 0) is 54.4 Å². The first-order valence-electron chi connectivity index (χ1n) is 10.9. The Bertz CT molecular complexity index is 1210. The number of hydroxylamine groups is 1. The predicted octanol–water partition coefficient (Wildman–Crippen LogP) is 7.47. The van der Waals surface area contributed by atoms with Crippen LogP contribution in [0.5, 0.6) is 0 Å². The van der Waals surface area contributed by atoms with Crippen molar-refractivity contribution in [3.63, 3.8) is 0 Å². The van der Waals surface area contributed by atoms with Gasteiger partial charge in [0.2, 0.25) is 0 Å². The molecule has 3 amide bonds. The molecule has 35 heavy (non-hydrogen) atoms. The van der Waals surface area contributed by atoms with Gasteiger partial charge in [0.05, 0.1) is 27.9 Å². The third kappa shape index (κ3) is 8.01. The minimum Gasteiger partial charge on any atom is -0.308 e. The summed E-state index contributed by atoms with van der Waals surface area (Å²) in [4.78, 5) is 30.0. The summed E-state index contributed by atoms with van der Waals surface area (Å²) in [6.07, 6.45) is 3.85. The third-order valence-electron chi connectivity index (χ3n) is 4.84. The van der Waals surface area contributed by atoms with E-state index in [1.54, 1.807) is 54.6 Å². The van der Waals surface area contributed by atoms with Crippen LogP contribution in [0.2, 0.25) is 15.1 Å². The van der Waals surface area contributed by atoms with E-state index >= 15 is 0 Å². The average Bonchev–Trinajstić information content (AvgIpc) is 2.83. The summed E-state index contributed by atoms with van der Waals surface area (Å²) in [6.45, 7) is 2.35. The van der Waals surface area contributed by atoms with Gasteiger partial charge in [0.25, 0.3) is 5.91 Å². The lowest BCUT2D eigenvalue weighted by Gasteiger charge is -2.14. The van der Waals surface area contributed by atoms with Crippen LogP contribution in [-0.4, -0.2) is 11.9 Å². The number of benzene rings is 3. The maximum absolute atomic E-state index is 12.2. The highest BCUT2D eigenvalue weighted by molar-refractivity contribution is 6.35. The molecule has 0 spiro atoms. The van der Waals surface area contributed by atoms with Crippen molar-refractivity contribution in [2.24, 2.45) is 0 Å². The van der Waals surface area contributed by atoms with Gasteiger partial charge in [0, 0.05) is 16.3 Å². The number of amides is 3. The number of imide groups is 1. The van der Waals surface area contributed by atoms with Crippen LogP contribution in [0.25, 0.3) is 5.70 Å². The molecule has 0 atom stereocenters. The van der Waals surface area contributed by atoms with Crippen molar-refractivity contribution < 1.29 is 14.4 Å². The maximum atomic E-state index is 12.2. The second-order valence-electron chi connectivity index (χ2n) is 7.51. The van der Waals surface area contributed by atoms with Crippen molar-refractivity contribution in [2.75, 3.05) is 5.32 Å². The molecule has 0 heterocycles. The van der Waals surface area contributed by atoms with Crippen molar-refractivity contribution in [3.8, 4) is 0 Å². The third-order valence-corrected chi connectivity index (χ3v) is 5.71. The smallest absolute Gasteiger partial charge is 0.308 e. The number of allylic oxidation sites excluding steroid dienone is 1. The molecule has 0 unspecified atom stereocenters. The van der Waals surface area contributed by atoms with Crippen LogP contribution in [0.1, 0.15) is 41.3 Å². The highest BCUT2D eigenvalue weighted by Crippen LogP contribution is 2.26. The Balaban J connectivity index is 1.53. The van der Waals surface area contributed by atoms with E-state index < -0.39 is 11.9 Å². The molecule has 0 aromatic heterocycles. The number of hydrogen-bond acceptors (Lipinski definition) is 4. The fourth-order valence-corrected chi connectivity index (χ4v) is 3.79. The molecule has 9 heteroatoms. The van der Waals surface area contributed by atoms with Gasteiger partial charge in [0.15, 0.2) is 0 Å². The molecular formula is C26H24Cl3N3O3. The minimum absolute atomic E-state index is 0.219. The van der Waals surface area contributed by atoms with E-state index in [0.717, 1.165) is 29.7 Å². The van der Waals surface area contributed by atoms with Crippen LogP contribution in [0.3, 0.4) is 0 Å². The number of anilines is 1. The first-order chi connectivity index (χ1) is 16.9. The Morgan fingerprint density at radius 1 is 0.914 bits per heavy atom. The van der Waals surface area contributed by atoms with Crippen LogP contribution in [-0.2, 0) is 11.4 Å². The molecule has 0 aliphatic rings. The number of rotatable bonds is 9. The molecule has 3 aromatic carbocycles. The lowest BCUT2D eigenvalue weighted by atomic mass is 10.1. The van der Waals surface area contributed by atoms with E-state index in [1.807, 2.05) is 12.1 Å². The Hall–Kier alpha value is -3.03. The summed E-state index contributed by atoms with van der Waals surface area (Å²) in [6, 6.07) is 18.2. The standard InChI is InChI=1S/C26H24Cl3N3O3/c1-2-3-8-24(20-14-11-18(27)15-23(20)29)32-35-16-17-9-12-19(13-10-17)30-26(34)31-25(33)21-6-4-5-7-22(21)28/h4-15,32H,2-3,16H2,1H3,(H2,30,31,33,34). The monoisotopic (exact) mass is 531 g/mol. The van der Waals surface area contributed by atoms with E-state index in [0.29, 0.717) is 15.7 Å². The summed E-state index contributed by atoms with van der Waals surface area (Å²) in [5.41, 5.74) is 6.13. The largest absolute Gasteiger partial charge is 0.326 e. The summed E-state index contributed by atoms with van der Waals surface area (Å²) in [7, 11) is 0. The van der Waals surface area contributed by atoms with Crippen molar-refractivity contribution in [2.45, 2.75) is 26.4 Å². The Morgan fingerprint density at radius 2 is 1.66 bits per heavy atom. The molecule has 3 rings (SSSR count). The first-order valence-corrected chi connectivity index (χ1v) is 12.0. The lowest BCUT2D eigenvalue weighted by molar-refractivity contribution is 0.0645. The van der Waals surface area contributed by atoms with Crippen molar-refractivity contribution in [3.05, 3.63) is 105 Å². The molecule has 0 saturated carbocycles. The molecule has 0 radical (unpaired) electrons. The second kappa shape index (κ2) is 13.2. The Morgan fingerprint density at radius 3 is 2.34 bits per heavy atom. The SMILES string of the molecule is CCCC=C(NOCc1ccc(NC(=O)NC(=O)c2ccccc2Cl)cc1)c1ccc(Cl)cc1Cl. The van der Waals surface area contributed by atoms with Crippen LogP contribution >= 0.6 is 34.8 Å². The van der Waals surface area contributed by atoms with E-state index in [2.05, 4.69) is 23.0 Å². The molecular weight excluding hydrogens is 509 g/mol. The summed E-state index contributed by atoms with van der Waals surface area (Å²) >= 11 is 18.3. The van der Waals surface area contributed by atoms with Gasteiger partial charge < -0.3 is 5.32 Å². The topological polar surface area (TPSA) is 79.5 Å². The molecule has 182 valence electrons. The first kappa shape index (κ1) is 26.6. The second-order valence-corrected chi connectivity index (χ2v) is 8.76. The average molecular weight is 533 g/mol. The van der Waals surface area contributed by atoms with Gasteiger partial charge in [-0.15, -0.1) is 0 Å². The molecule has 3 N–H and O–H groups in total. The molecule has 6 nitrogen and oxygen atoms in total. The number of unbranched alkanes of at least 4 members (excludes halogenated alkanes) is 1. The van der Waals surface area contributed by atoms with E-state index in [-0.39, 0.29) is 17.2 Å². The molecule has 0 saturated heterocycles. The van der Waals surface area contributed by atoms with Crippen molar-refractivity contribution in [1.29, 1.82) is 0 Å². The summed E-state index contributed by atoms with van der Waals surface area (Å²) < 4.78 is 0. The summed E-state index contributed by atoms with van der Waals surface area (Å²) in [5, 5.41) is 6.22. The molecule has 0 fully saturated rings. The summed E-state index contributed by atoms with van der Waals surface area (Å²) in [5.74, 6) is -0.586. The number of urea groups is 1. The Labute approximate surface area is 219 Å². The molecule has 0 bridgehead atoms. The zero-order valence-electron chi connectivity index (χ0n) is 18.9. The predicted molar refractivity (Wildman–Crippen MR) is 142 cm³/mol. The zero-order valence-corrected chi connectivity index (χ0v) is 21.2. The van der Waals surface area contributed by atoms with Crippen molar-refractivity contribution >= 4 is 58.1 Å². The Kier molecular flexibility index (Phi) is 9.99. The van der Waals surface area contributed by atoms with Crippen LogP contribution < -0.4 is 16.1 Å². The number of carbonyl (C=O) groups excluding carboxylic acids is 2. The van der Waals surface area contributed by atoms with Crippen LogP contribution in [0.15, 0.2) is 72.8 Å². The van der Waals surface area contributed by atoms with E-state index in [1.165, 1.54) is 6.07 Å². The lowest BCUT2D eigenvalue weighted by Crippen LogP contribution is -2.34. The fraction of sp³-hybridized carbons (Fsp3) is 0.154. The molecule has 0 aliphatic heterocycles. The van der Waals surface area contributed by atoms with Gasteiger partial charge >= 0.3 is 6.03 Å². The molecule has 0 aliphatic carbocycles. The number of halogens is 3. The van der Waals surface area contributed by atoms with Gasteiger partial charge in [-0.3, -0.25) is 20.4 Å². The zero-order chi connectivity index (χ0) is 25.2. The number of hydrogen-bond donors (Lipinski definition) is 3. The van der Waals surface area contributed by atoms with Gasteiger partial charge in [-0.1, -0.05) is 78.5 Å². The van der Waals surface area contributed by atoms with Crippen molar-refractivity contribution in [1.82, 2.24) is 10.8 Å². The number of nitrogens with one attached hydrogen (secondary N) is 3. The van der Waals surface area contributed by atoms with E-state index in [4.69, 9.17) is 39.6 Å². The molecule has 3 aromatic rings. The highest BCUT2D eigenvalue weighted by Gasteiger charge is 2.13. The highest BCUT2D eigenvalue weighted by atomic mass is 35.5. The fourth-order valence-electron chi connectivity index (χ4n) is 3.06. The minimum atomic E-state index is -0.661. The van der Waals surface area contributed by atoms with Crippen LogP contribution in [0, 0.1) is 0 Å².